The summed E-state index contributed by atoms with van der Waals surface area (Å²) in [6.45, 7) is 4.99. The van der Waals surface area contributed by atoms with Crippen LogP contribution in [-0.4, -0.2) is 38.3 Å². The lowest BCUT2D eigenvalue weighted by molar-refractivity contribution is -0.119. The van der Waals surface area contributed by atoms with Crippen molar-refractivity contribution >= 4 is 24.0 Å². The van der Waals surface area contributed by atoms with E-state index in [9.17, 15) is 4.79 Å². The number of ether oxygens (including phenoxy) is 2. The quantitative estimate of drug-likeness (QED) is 0.845. The van der Waals surface area contributed by atoms with Crippen molar-refractivity contribution in [3.8, 4) is 5.75 Å². The smallest absolute Gasteiger partial charge is 0.227 e. The molecule has 0 spiro atoms. The Labute approximate surface area is 131 Å². The largest absolute Gasteiger partial charge is 0.494 e. The monoisotopic (exact) mass is 314 g/mol. The highest BCUT2D eigenvalue weighted by Gasteiger charge is 2.17. The summed E-state index contributed by atoms with van der Waals surface area (Å²) < 4.78 is 11.1. The second-order valence-corrected chi connectivity index (χ2v) is 4.83. The van der Waals surface area contributed by atoms with Gasteiger partial charge in [0.2, 0.25) is 5.91 Å². The molecule has 6 heteroatoms. The fraction of sp³-hybridized carbons (Fsp3) is 0.533. The first-order chi connectivity index (χ1) is 9.78. The Kier molecular flexibility index (Phi) is 8.12. The van der Waals surface area contributed by atoms with Gasteiger partial charge in [-0.1, -0.05) is 13.0 Å². The van der Waals surface area contributed by atoms with Crippen molar-refractivity contribution in [2.45, 2.75) is 25.9 Å². The molecule has 1 saturated heterocycles. The first-order valence-electron chi connectivity index (χ1n) is 7.13. The number of carbonyl (C=O) groups is 1. The van der Waals surface area contributed by atoms with E-state index >= 15 is 0 Å². The molecular formula is C15H23ClN2O3. The van der Waals surface area contributed by atoms with Crippen molar-refractivity contribution in [1.82, 2.24) is 5.32 Å². The molecule has 1 atom stereocenters. The summed E-state index contributed by atoms with van der Waals surface area (Å²) in [4.78, 5) is 11.9. The van der Waals surface area contributed by atoms with E-state index in [0.29, 0.717) is 19.6 Å². The average molecular weight is 315 g/mol. The number of anilines is 1. The van der Waals surface area contributed by atoms with Crippen LogP contribution in [0.1, 0.15) is 19.8 Å². The molecule has 0 aliphatic carbocycles. The van der Waals surface area contributed by atoms with Crippen LogP contribution in [0.25, 0.3) is 0 Å². The van der Waals surface area contributed by atoms with Gasteiger partial charge in [-0.3, -0.25) is 4.79 Å². The SMILES string of the molecule is CCCOc1cccc(NC(=O)CC2CNCCO2)c1.Cl. The Bertz CT molecular complexity index is 437. The van der Waals surface area contributed by atoms with Crippen LogP contribution < -0.4 is 15.4 Å². The maximum atomic E-state index is 11.9. The van der Waals surface area contributed by atoms with Crippen LogP contribution in [0.15, 0.2) is 24.3 Å². The molecule has 118 valence electrons. The van der Waals surface area contributed by atoms with E-state index in [1.807, 2.05) is 24.3 Å². The van der Waals surface area contributed by atoms with Crippen LogP contribution in [-0.2, 0) is 9.53 Å². The molecular weight excluding hydrogens is 292 g/mol. The Morgan fingerprint density at radius 2 is 2.38 bits per heavy atom. The van der Waals surface area contributed by atoms with E-state index in [2.05, 4.69) is 17.6 Å². The third-order valence-corrected chi connectivity index (χ3v) is 3.01. The molecule has 0 bridgehead atoms. The first kappa shape index (κ1) is 17.8. The molecule has 1 heterocycles. The molecule has 0 radical (unpaired) electrons. The van der Waals surface area contributed by atoms with Crippen molar-refractivity contribution in [3.05, 3.63) is 24.3 Å². The van der Waals surface area contributed by atoms with Gasteiger partial charge in [0.15, 0.2) is 0 Å². The Morgan fingerprint density at radius 1 is 1.52 bits per heavy atom. The summed E-state index contributed by atoms with van der Waals surface area (Å²) in [7, 11) is 0. The molecule has 0 aromatic heterocycles. The fourth-order valence-corrected chi connectivity index (χ4v) is 2.05. The van der Waals surface area contributed by atoms with Gasteiger partial charge < -0.3 is 20.1 Å². The minimum absolute atomic E-state index is 0. The van der Waals surface area contributed by atoms with Crippen LogP contribution in [0.4, 0.5) is 5.69 Å². The number of rotatable bonds is 6. The minimum atomic E-state index is -0.0386. The Balaban J connectivity index is 0.00000220. The van der Waals surface area contributed by atoms with Crippen LogP contribution in [0.5, 0.6) is 5.75 Å². The van der Waals surface area contributed by atoms with Gasteiger partial charge in [0.25, 0.3) is 0 Å². The second kappa shape index (κ2) is 9.60. The van der Waals surface area contributed by atoms with Gasteiger partial charge in [0.05, 0.1) is 25.7 Å². The van der Waals surface area contributed by atoms with Crippen molar-refractivity contribution in [2.24, 2.45) is 0 Å². The summed E-state index contributed by atoms with van der Waals surface area (Å²) in [6.07, 6.45) is 1.29. The van der Waals surface area contributed by atoms with Gasteiger partial charge in [0.1, 0.15) is 5.75 Å². The van der Waals surface area contributed by atoms with E-state index in [0.717, 1.165) is 30.9 Å². The number of carbonyl (C=O) groups excluding carboxylic acids is 1. The predicted molar refractivity (Wildman–Crippen MR) is 85.3 cm³/mol. The summed E-state index contributed by atoms with van der Waals surface area (Å²) in [5.74, 6) is 0.742. The topological polar surface area (TPSA) is 59.6 Å². The Hall–Kier alpha value is -1.30. The van der Waals surface area contributed by atoms with Crippen LogP contribution >= 0.6 is 12.4 Å². The van der Waals surface area contributed by atoms with Gasteiger partial charge in [-0.25, -0.2) is 0 Å². The lowest BCUT2D eigenvalue weighted by Crippen LogP contribution is -2.40. The van der Waals surface area contributed by atoms with E-state index in [4.69, 9.17) is 9.47 Å². The normalized spacial score (nSPS) is 17.7. The molecule has 1 fully saturated rings. The summed E-state index contributed by atoms with van der Waals surface area (Å²) >= 11 is 0. The average Bonchev–Trinajstić information content (AvgIpc) is 2.46. The van der Waals surface area contributed by atoms with Gasteiger partial charge in [0, 0.05) is 24.8 Å². The van der Waals surface area contributed by atoms with Crippen LogP contribution in [0.3, 0.4) is 0 Å². The second-order valence-electron chi connectivity index (χ2n) is 4.83. The molecule has 1 amide bonds. The summed E-state index contributed by atoms with van der Waals surface area (Å²) in [5, 5.41) is 6.09. The van der Waals surface area contributed by atoms with Crippen molar-refractivity contribution in [3.63, 3.8) is 0 Å². The minimum Gasteiger partial charge on any atom is -0.494 e. The van der Waals surface area contributed by atoms with Gasteiger partial charge in [-0.05, 0) is 18.6 Å². The third kappa shape index (κ3) is 6.33. The van der Waals surface area contributed by atoms with E-state index in [1.54, 1.807) is 0 Å². The number of benzene rings is 1. The molecule has 21 heavy (non-hydrogen) atoms. The number of hydrogen-bond acceptors (Lipinski definition) is 4. The third-order valence-electron chi connectivity index (χ3n) is 3.01. The number of amides is 1. The highest BCUT2D eigenvalue weighted by Crippen LogP contribution is 2.18. The fourth-order valence-electron chi connectivity index (χ4n) is 2.05. The lowest BCUT2D eigenvalue weighted by Gasteiger charge is -2.23. The number of morpholine rings is 1. The molecule has 1 aliphatic heterocycles. The van der Waals surface area contributed by atoms with E-state index < -0.39 is 0 Å². The van der Waals surface area contributed by atoms with E-state index in [-0.39, 0.29) is 24.4 Å². The highest BCUT2D eigenvalue weighted by atomic mass is 35.5. The molecule has 1 aromatic rings. The van der Waals surface area contributed by atoms with Gasteiger partial charge >= 0.3 is 0 Å². The zero-order chi connectivity index (χ0) is 14.2. The van der Waals surface area contributed by atoms with Gasteiger partial charge in [-0.15, -0.1) is 12.4 Å². The lowest BCUT2D eigenvalue weighted by atomic mass is 10.2. The van der Waals surface area contributed by atoms with Crippen molar-refractivity contribution in [1.29, 1.82) is 0 Å². The van der Waals surface area contributed by atoms with Crippen molar-refractivity contribution in [2.75, 3.05) is 31.6 Å². The molecule has 2 rings (SSSR count). The maximum Gasteiger partial charge on any atom is 0.227 e. The summed E-state index contributed by atoms with van der Waals surface area (Å²) in [5.41, 5.74) is 0.757. The zero-order valence-corrected chi connectivity index (χ0v) is 13.1. The number of halogens is 1. The van der Waals surface area contributed by atoms with Crippen LogP contribution in [0.2, 0.25) is 0 Å². The Morgan fingerprint density at radius 3 is 3.10 bits per heavy atom. The highest BCUT2D eigenvalue weighted by molar-refractivity contribution is 5.91. The molecule has 1 aliphatic rings. The number of nitrogens with one attached hydrogen (secondary N) is 2. The summed E-state index contributed by atoms with van der Waals surface area (Å²) in [6, 6.07) is 7.46. The molecule has 1 aromatic carbocycles. The van der Waals surface area contributed by atoms with Gasteiger partial charge in [-0.2, -0.15) is 0 Å². The zero-order valence-electron chi connectivity index (χ0n) is 12.3. The number of hydrogen-bond donors (Lipinski definition) is 2. The standard InChI is InChI=1S/C15H22N2O3.ClH/c1-2-7-19-13-5-3-4-12(9-13)17-15(18)10-14-11-16-6-8-20-14;/h3-5,9,14,16H,2,6-8,10-11H2,1H3,(H,17,18);1H. The molecule has 1 unspecified atom stereocenters. The van der Waals surface area contributed by atoms with E-state index in [1.165, 1.54) is 0 Å². The predicted octanol–water partition coefficient (Wildman–Crippen LogP) is 2.21. The van der Waals surface area contributed by atoms with Crippen LogP contribution in [0, 0.1) is 0 Å². The molecule has 2 N–H and O–H groups in total. The molecule has 5 nitrogen and oxygen atoms in total. The van der Waals surface area contributed by atoms with Crippen molar-refractivity contribution < 1.29 is 14.3 Å². The maximum absolute atomic E-state index is 11.9. The molecule has 0 saturated carbocycles. The first-order valence-corrected chi connectivity index (χ1v) is 7.13.